The number of halogens is 1. The van der Waals surface area contributed by atoms with Crippen molar-refractivity contribution in [3.8, 4) is 0 Å². The molecule has 0 spiro atoms. The molecule has 0 unspecified atom stereocenters. The number of esters is 1. The summed E-state index contributed by atoms with van der Waals surface area (Å²) in [6, 6.07) is 8.52. The Labute approximate surface area is 160 Å². The molecule has 1 saturated heterocycles. The van der Waals surface area contributed by atoms with Crippen molar-refractivity contribution in [2.24, 2.45) is 18.7 Å². The maximum atomic E-state index is 12.8. The first kappa shape index (κ1) is 18.9. The zero-order chi connectivity index (χ0) is 19.6. The summed E-state index contributed by atoms with van der Waals surface area (Å²) < 4.78 is 6.96. The lowest BCUT2D eigenvalue weighted by Crippen LogP contribution is -2.32. The molecule has 2 atom stereocenters. The maximum absolute atomic E-state index is 12.8. The van der Waals surface area contributed by atoms with Crippen molar-refractivity contribution in [3.63, 3.8) is 0 Å². The minimum Gasteiger partial charge on any atom is -0.457 e. The van der Waals surface area contributed by atoms with Crippen LogP contribution < -0.4 is 5.73 Å². The normalized spacial score (nSPS) is 19.1. The Morgan fingerprint density at radius 1 is 1.26 bits per heavy atom. The molecule has 1 fully saturated rings. The van der Waals surface area contributed by atoms with Crippen molar-refractivity contribution in [1.82, 2.24) is 14.7 Å². The standard InChI is InChI=1S/C18H19ClN4O4/c1-22-16(13(19)8-21-22)17(25)23-9-12(7-15(20)24)14(10-23)27-18(26)11-5-3-2-4-6-11/h2-6,8,12,14H,7,9-10H2,1H3,(H2,20,24)/t12-,14+/m0/s1. The van der Waals surface area contributed by atoms with E-state index in [1.807, 2.05) is 0 Å². The summed E-state index contributed by atoms with van der Waals surface area (Å²) in [5.74, 6) is -1.75. The van der Waals surface area contributed by atoms with Gasteiger partial charge in [0.25, 0.3) is 5.91 Å². The number of amides is 2. The zero-order valence-corrected chi connectivity index (χ0v) is 15.4. The monoisotopic (exact) mass is 390 g/mol. The third-order valence-corrected chi connectivity index (χ3v) is 4.77. The number of rotatable bonds is 5. The average Bonchev–Trinajstić information content (AvgIpc) is 3.18. The Bertz CT molecular complexity index is 848. The molecule has 1 aliphatic heterocycles. The number of nitrogens with two attached hydrogens (primary N) is 1. The molecule has 1 aliphatic rings. The van der Waals surface area contributed by atoms with E-state index in [4.69, 9.17) is 22.1 Å². The first-order chi connectivity index (χ1) is 12.9. The molecule has 0 aliphatic carbocycles. The molecule has 9 heteroatoms. The van der Waals surface area contributed by atoms with Crippen molar-refractivity contribution in [3.05, 3.63) is 52.8 Å². The maximum Gasteiger partial charge on any atom is 0.338 e. The fraction of sp³-hybridized carbons (Fsp3) is 0.333. The number of nitrogens with zero attached hydrogens (tertiary/aromatic N) is 3. The molecule has 2 heterocycles. The summed E-state index contributed by atoms with van der Waals surface area (Å²) in [7, 11) is 1.61. The predicted octanol–water partition coefficient (Wildman–Crippen LogP) is 1.25. The van der Waals surface area contributed by atoms with Crippen LogP contribution in [0.15, 0.2) is 36.5 Å². The zero-order valence-electron chi connectivity index (χ0n) is 14.7. The number of hydrogen-bond donors (Lipinski definition) is 1. The quantitative estimate of drug-likeness (QED) is 0.773. The van der Waals surface area contributed by atoms with Crippen LogP contribution in [0.1, 0.15) is 27.3 Å². The summed E-state index contributed by atoms with van der Waals surface area (Å²) in [6.07, 6.45) is 0.759. The molecule has 3 rings (SSSR count). The molecule has 8 nitrogen and oxygen atoms in total. The number of aromatic nitrogens is 2. The van der Waals surface area contributed by atoms with Gasteiger partial charge in [-0.25, -0.2) is 4.79 Å². The van der Waals surface area contributed by atoms with Gasteiger partial charge in [-0.2, -0.15) is 5.10 Å². The van der Waals surface area contributed by atoms with Gasteiger partial charge in [0.2, 0.25) is 5.91 Å². The molecular weight excluding hydrogens is 372 g/mol. The van der Waals surface area contributed by atoms with Gasteiger partial charge in [-0.3, -0.25) is 14.3 Å². The topological polar surface area (TPSA) is 108 Å². The highest BCUT2D eigenvalue weighted by Crippen LogP contribution is 2.27. The van der Waals surface area contributed by atoms with E-state index < -0.39 is 18.0 Å². The van der Waals surface area contributed by atoms with Gasteiger partial charge in [0, 0.05) is 25.9 Å². The van der Waals surface area contributed by atoms with E-state index >= 15 is 0 Å². The number of likely N-dealkylation sites (tertiary alicyclic amines) is 1. The molecule has 1 aromatic heterocycles. The van der Waals surface area contributed by atoms with Gasteiger partial charge in [0.1, 0.15) is 11.8 Å². The average molecular weight is 391 g/mol. The van der Waals surface area contributed by atoms with E-state index in [-0.39, 0.29) is 42.1 Å². The lowest BCUT2D eigenvalue weighted by Gasteiger charge is -2.17. The first-order valence-electron chi connectivity index (χ1n) is 8.38. The molecule has 0 radical (unpaired) electrons. The number of aryl methyl sites for hydroxylation is 1. The van der Waals surface area contributed by atoms with Crippen molar-refractivity contribution in [1.29, 1.82) is 0 Å². The Morgan fingerprint density at radius 2 is 1.96 bits per heavy atom. The highest BCUT2D eigenvalue weighted by Gasteiger charge is 2.40. The number of hydrogen-bond acceptors (Lipinski definition) is 5. The molecular formula is C18H19ClN4O4. The summed E-state index contributed by atoms with van der Waals surface area (Å²) in [5.41, 5.74) is 5.96. The number of primary amides is 1. The fourth-order valence-corrected chi connectivity index (χ4v) is 3.42. The van der Waals surface area contributed by atoms with Crippen LogP contribution in [0.25, 0.3) is 0 Å². The van der Waals surface area contributed by atoms with Crippen LogP contribution in [-0.2, 0) is 16.6 Å². The summed E-state index contributed by atoms with van der Waals surface area (Å²) >= 11 is 6.05. The van der Waals surface area contributed by atoms with E-state index in [0.717, 1.165) is 0 Å². The van der Waals surface area contributed by atoms with Gasteiger partial charge < -0.3 is 15.4 Å². The third-order valence-electron chi connectivity index (χ3n) is 4.50. The second kappa shape index (κ2) is 7.79. The minimum absolute atomic E-state index is 0.00956. The van der Waals surface area contributed by atoms with Gasteiger partial charge in [0.15, 0.2) is 0 Å². The molecule has 142 valence electrons. The highest BCUT2D eigenvalue weighted by atomic mass is 35.5. The molecule has 0 saturated carbocycles. The Kier molecular flexibility index (Phi) is 5.46. The van der Waals surface area contributed by atoms with E-state index in [9.17, 15) is 14.4 Å². The van der Waals surface area contributed by atoms with E-state index in [1.165, 1.54) is 15.8 Å². The lowest BCUT2D eigenvalue weighted by molar-refractivity contribution is -0.119. The second-order valence-electron chi connectivity index (χ2n) is 6.42. The SMILES string of the molecule is Cn1ncc(Cl)c1C(=O)N1C[C@H](CC(N)=O)[C@H](OC(=O)c2ccccc2)C1. The molecule has 27 heavy (non-hydrogen) atoms. The first-order valence-corrected chi connectivity index (χ1v) is 8.75. The summed E-state index contributed by atoms with van der Waals surface area (Å²) in [4.78, 5) is 38.1. The number of ether oxygens (including phenoxy) is 1. The van der Waals surface area contributed by atoms with Crippen LogP contribution in [-0.4, -0.2) is 51.7 Å². The molecule has 2 N–H and O–H groups in total. The summed E-state index contributed by atoms with van der Waals surface area (Å²) in [6.45, 7) is 0.382. The fourth-order valence-electron chi connectivity index (χ4n) is 3.18. The van der Waals surface area contributed by atoms with Crippen LogP contribution in [0.2, 0.25) is 5.02 Å². The largest absolute Gasteiger partial charge is 0.457 e. The van der Waals surface area contributed by atoms with E-state index in [0.29, 0.717) is 5.56 Å². The number of benzene rings is 1. The van der Waals surface area contributed by atoms with Crippen LogP contribution in [0.4, 0.5) is 0 Å². The molecule has 2 amide bonds. The summed E-state index contributed by atoms with van der Waals surface area (Å²) in [5, 5.41) is 4.20. The molecule has 2 aromatic rings. The molecule has 1 aromatic carbocycles. The van der Waals surface area contributed by atoms with Gasteiger partial charge in [0.05, 0.1) is 23.3 Å². The van der Waals surface area contributed by atoms with Crippen molar-refractivity contribution >= 4 is 29.4 Å². The van der Waals surface area contributed by atoms with Crippen LogP contribution in [0, 0.1) is 5.92 Å². The van der Waals surface area contributed by atoms with Crippen LogP contribution in [0.3, 0.4) is 0 Å². The third kappa shape index (κ3) is 4.11. The van der Waals surface area contributed by atoms with Crippen molar-refractivity contribution in [2.45, 2.75) is 12.5 Å². The number of carbonyl (C=O) groups is 3. The van der Waals surface area contributed by atoms with Gasteiger partial charge in [-0.1, -0.05) is 29.8 Å². The number of carbonyl (C=O) groups excluding carboxylic acids is 3. The minimum atomic E-state index is -0.638. The predicted molar refractivity (Wildman–Crippen MR) is 97.1 cm³/mol. The van der Waals surface area contributed by atoms with Gasteiger partial charge in [-0.15, -0.1) is 0 Å². The second-order valence-corrected chi connectivity index (χ2v) is 6.82. The smallest absolute Gasteiger partial charge is 0.338 e. The van der Waals surface area contributed by atoms with Crippen molar-refractivity contribution in [2.75, 3.05) is 13.1 Å². The van der Waals surface area contributed by atoms with Crippen LogP contribution in [0.5, 0.6) is 0 Å². The lowest BCUT2D eigenvalue weighted by atomic mass is 10.0. The highest BCUT2D eigenvalue weighted by molar-refractivity contribution is 6.33. The van der Waals surface area contributed by atoms with Crippen LogP contribution >= 0.6 is 11.6 Å². The van der Waals surface area contributed by atoms with Gasteiger partial charge >= 0.3 is 5.97 Å². The Morgan fingerprint density at radius 3 is 2.56 bits per heavy atom. The Hall–Kier alpha value is -2.87. The van der Waals surface area contributed by atoms with E-state index in [2.05, 4.69) is 5.10 Å². The van der Waals surface area contributed by atoms with Gasteiger partial charge in [-0.05, 0) is 12.1 Å². The van der Waals surface area contributed by atoms with Crippen molar-refractivity contribution < 1.29 is 19.1 Å². The van der Waals surface area contributed by atoms with E-state index in [1.54, 1.807) is 37.4 Å². The Balaban J connectivity index is 1.77. The molecule has 0 bridgehead atoms.